The normalized spacial score (nSPS) is 12.4. The molecule has 2 aromatic heterocycles. The van der Waals surface area contributed by atoms with Gasteiger partial charge < -0.3 is 4.57 Å². The molecule has 0 aliphatic rings. The van der Waals surface area contributed by atoms with Gasteiger partial charge in [0.05, 0.1) is 28.3 Å². The van der Waals surface area contributed by atoms with Crippen molar-refractivity contribution in [2.24, 2.45) is 0 Å². The van der Waals surface area contributed by atoms with Gasteiger partial charge in [-0.15, -0.1) is 0 Å². The summed E-state index contributed by atoms with van der Waals surface area (Å²) in [4.78, 5) is 25.4. The maximum absolute atomic E-state index is 13.3. The number of nitriles is 1. The molecule has 4 aromatic rings. The maximum atomic E-state index is 13.3. The fourth-order valence-electron chi connectivity index (χ4n) is 3.32. The van der Waals surface area contributed by atoms with Crippen molar-refractivity contribution in [3.05, 3.63) is 82.9 Å². The minimum Gasteiger partial charge on any atom is -0.322 e. The quantitative estimate of drug-likeness (QED) is 0.316. The van der Waals surface area contributed by atoms with E-state index in [0.29, 0.717) is 12.1 Å². The number of halogens is 1. The number of Topliss-reactive ketones (excluding diaryl/α,β-unsaturated/α-hetero) is 1. The lowest BCUT2D eigenvalue weighted by Gasteiger charge is -2.13. The van der Waals surface area contributed by atoms with Gasteiger partial charge in [0.15, 0.2) is 5.92 Å². The van der Waals surface area contributed by atoms with Crippen LogP contribution in [0, 0.1) is 11.3 Å². The number of carbonyl (C=O) groups is 1. The molecule has 4 rings (SSSR count). The van der Waals surface area contributed by atoms with Gasteiger partial charge in [-0.25, -0.2) is 23.4 Å². The summed E-state index contributed by atoms with van der Waals surface area (Å²) in [6, 6.07) is 18.8. The van der Waals surface area contributed by atoms with Crippen LogP contribution in [-0.2, 0) is 16.4 Å². The SMILES string of the molecule is CS(=O)(=O)c1ncc(Cl)c(C(=O)C(C#N)c2nc3ccccc3n2Cc2ccccc2)n1. The average Bonchev–Trinajstić information content (AvgIpc) is 3.12. The van der Waals surface area contributed by atoms with Crippen molar-refractivity contribution in [2.75, 3.05) is 6.26 Å². The van der Waals surface area contributed by atoms with Crippen LogP contribution in [0.15, 0.2) is 66.0 Å². The molecular weight excluding hydrogens is 450 g/mol. The molecule has 0 aliphatic carbocycles. The Morgan fingerprint density at radius 3 is 2.50 bits per heavy atom. The van der Waals surface area contributed by atoms with Crippen LogP contribution in [0.1, 0.15) is 27.8 Å². The number of ketones is 1. The van der Waals surface area contributed by atoms with Crippen LogP contribution in [-0.4, -0.2) is 40.0 Å². The number of para-hydroxylation sites is 2. The van der Waals surface area contributed by atoms with Crippen LogP contribution < -0.4 is 0 Å². The predicted molar refractivity (Wildman–Crippen MR) is 118 cm³/mol. The van der Waals surface area contributed by atoms with Crippen molar-refractivity contribution in [2.45, 2.75) is 17.6 Å². The Morgan fingerprint density at radius 2 is 1.81 bits per heavy atom. The zero-order valence-corrected chi connectivity index (χ0v) is 18.4. The van der Waals surface area contributed by atoms with Gasteiger partial charge in [-0.3, -0.25) is 4.79 Å². The number of nitrogens with zero attached hydrogens (tertiary/aromatic N) is 5. The van der Waals surface area contributed by atoms with Crippen LogP contribution in [0.5, 0.6) is 0 Å². The van der Waals surface area contributed by atoms with E-state index in [0.717, 1.165) is 23.5 Å². The number of imidazole rings is 1. The lowest BCUT2D eigenvalue weighted by molar-refractivity contribution is 0.0969. The Kier molecular flexibility index (Phi) is 5.74. The van der Waals surface area contributed by atoms with E-state index < -0.39 is 26.7 Å². The molecule has 0 aliphatic heterocycles. The minimum atomic E-state index is -3.78. The number of rotatable bonds is 6. The minimum absolute atomic E-state index is 0.145. The zero-order valence-electron chi connectivity index (χ0n) is 16.8. The number of hydrogen-bond donors (Lipinski definition) is 0. The smallest absolute Gasteiger partial charge is 0.247 e. The molecule has 10 heteroatoms. The Balaban J connectivity index is 1.85. The molecule has 32 heavy (non-hydrogen) atoms. The van der Waals surface area contributed by atoms with Crippen LogP contribution in [0.25, 0.3) is 11.0 Å². The van der Waals surface area contributed by atoms with Crippen molar-refractivity contribution in [1.82, 2.24) is 19.5 Å². The fourth-order valence-corrected chi connectivity index (χ4v) is 4.00. The standard InChI is InChI=1S/C22H16ClN5O3S/c1-32(30,31)22-25-12-16(23)19(27-22)20(29)15(11-24)21-26-17-9-5-6-10-18(17)28(21)13-14-7-3-2-4-8-14/h2-10,12,15H,13H2,1H3. The number of fused-ring (bicyclic) bond motifs is 1. The van der Waals surface area contributed by atoms with Crippen molar-refractivity contribution >= 4 is 38.3 Å². The molecule has 0 saturated carbocycles. The van der Waals surface area contributed by atoms with Crippen LogP contribution in [0.2, 0.25) is 5.02 Å². The summed E-state index contributed by atoms with van der Waals surface area (Å²) in [5, 5.41) is 9.23. The monoisotopic (exact) mass is 465 g/mol. The zero-order chi connectivity index (χ0) is 22.9. The van der Waals surface area contributed by atoms with E-state index in [9.17, 15) is 18.5 Å². The Bertz CT molecular complexity index is 1480. The van der Waals surface area contributed by atoms with Gasteiger partial charge in [0.25, 0.3) is 0 Å². The summed E-state index contributed by atoms with van der Waals surface area (Å²) in [5.41, 5.74) is 1.99. The van der Waals surface area contributed by atoms with Gasteiger partial charge in [0.2, 0.25) is 20.8 Å². The molecule has 2 aromatic carbocycles. The molecule has 0 amide bonds. The summed E-state index contributed by atoms with van der Waals surface area (Å²) in [7, 11) is -3.78. The molecule has 1 unspecified atom stereocenters. The molecule has 8 nitrogen and oxygen atoms in total. The first-order valence-electron chi connectivity index (χ1n) is 9.45. The highest BCUT2D eigenvalue weighted by Crippen LogP contribution is 2.28. The maximum Gasteiger partial charge on any atom is 0.247 e. The number of benzene rings is 2. The van der Waals surface area contributed by atoms with Crippen molar-refractivity contribution in [1.29, 1.82) is 5.26 Å². The molecule has 2 heterocycles. The van der Waals surface area contributed by atoms with E-state index in [-0.39, 0.29) is 16.5 Å². The van der Waals surface area contributed by atoms with E-state index >= 15 is 0 Å². The molecule has 0 radical (unpaired) electrons. The summed E-state index contributed by atoms with van der Waals surface area (Å²) >= 11 is 6.10. The van der Waals surface area contributed by atoms with Crippen molar-refractivity contribution in [3.8, 4) is 6.07 Å². The summed E-state index contributed by atoms with van der Waals surface area (Å²) in [5.74, 6) is -1.89. The van der Waals surface area contributed by atoms with E-state index in [2.05, 4.69) is 15.0 Å². The third kappa shape index (κ3) is 4.10. The molecule has 1 atom stereocenters. The number of carbonyl (C=O) groups excluding carboxylic acids is 1. The molecule has 0 spiro atoms. The summed E-state index contributed by atoms with van der Waals surface area (Å²) in [6.45, 7) is 0.383. The highest BCUT2D eigenvalue weighted by molar-refractivity contribution is 7.90. The van der Waals surface area contributed by atoms with E-state index in [1.165, 1.54) is 0 Å². The Hall–Kier alpha value is -3.61. The largest absolute Gasteiger partial charge is 0.322 e. The molecule has 0 N–H and O–H groups in total. The molecule has 160 valence electrons. The van der Waals surface area contributed by atoms with Gasteiger partial charge in [-0.05, 0) is 17.7 Å². The van der Waals surface area contributed by atoms with Gasteiger partial charge in [-0.2, -0.15) is 5.26 Å². The van der Waals surface area contributed by atoms with E-state index in [1.807, 2.05) is 54.6 Å². The third-order valence-electron chi connectivity index (χ3n) is 4.80. The second-order valence-corrected chi connectivity index (χ2v) is 9.39. The molecule has 0 fully saturated rings. The number of hydrogen-bond acceptors (Lipinski definition) is 7. The van der Waals surface area contributed by atoms with Gasteiger partial charge in [-0.1, -0.05) is 54.1 Å². The molecule has 0 bridgehead atoms. The lowest BCUT2D eigenvalue weighted by Crippen LogP contribution is -2.20. The summed E-state index contributed by atoms with van der Waals surface area (Å²) in [6.07, 6.45) is 1.96. The number of aromatic nitrogens is 4. The second-order valence-electron chi connectivity index (χ2n) is 7.08. The van der Waals surface area contributed by atoms with Crippen LogP contribution >= 0.6 is 11.6 Å². The first kappa shape index (κ1) is 21.6. The summed E-state index contributed by atoms with van der Waals surface area (Å²) < 4.78 is 25.5. The highest BCUT2D eigenvalue weighted by Gasteiger charge is 2.31. The number of sulfone groups is 1. The average molecular weight is 466 g/mol. The Morgan fingerprint density at radius 1 is 1.12 bits per heavy atom. The first-order chi connectivity index (χ1) is 15.3. The lowest BCUT2D eigenvalue weighted by atomic mass is 10.0. The van der Waals surface area contributed by atoms with Gasteiger partial charge in [0.1, 0.15) is 11.5 Å². The first-order valence-corrected chi connectivity index (χ1v) is 11.7. The third-order valence-corrected chi connectivity index (χ3v) is 5.94. The van der Waals surface area contributed by atoms with Crippen molar-refractivity contribution < 1.29 is 13.2 Å². The van der Waals surface area contributed by atoms with Gasteiger partial charge >= 0.3 is 0 Å². The Labute approximate surface area is 189 Å². The molecular formula is C22H16ClN5O3S. The van der Waals surface area contributed by atoms with E-state index in [1.54, 1.807) is 10.6 Å². The fraction of sp³-hybridized carbons (Fsp3) is 0.136. The second kappa shape index (κ2) is 8.49. The van der Waals surface area contributed by atoms with Crippen LogP contribution in [0.3, 0.4) is 0 Å². The topological polar surface area (TPSA) is 119 Å². The highest BCUT2D eigenvalue weighted by atomic mass is 35.5. The van der Waals surface area contributed by atoms with E-state index in [4.69, 9.17) is 11.6 Å². The molecule has 0 saturated heterocycles. The van der Waals surface area contributed by atoms with Crippen molar-refractivity contribution in [3.63, 3.8) is 0 Å². The van der Waals surface area contributed by atoms with Crippen LogP contribution in [0.4, 0.5) is 0 Å². The predicted octanol–water partition coefficient (Wildman–Crippen LogP) is 3.42. The van der Waals surface area contributed by atoms with Gasteiger partial charge in [0, 0.05) is 12.8 Å².